The summed E-state index contributed by atoms with van der Waals surface area (Å²) in [5.41, 5.74) is 1.65. The van der Waals surface area contributed by atoms with E-state index in [0.717, 1.165) is 43.9 Å². The molecule has 0 bridgehead atoms. The van der Waals surface area contributed by atoms with Gasteiger partial charge in [-0.3, -0.25) is 4.90 Å². The molecule has 0 aromatic carbocycles. The number of carbonyl (C=O) groups excluding carboxylic acids is 1. The maximum absolute atomic E-state index is 12.4. The van der Waals surface area contributed by atoms with Crippen molar-refractivity contribution in [1.29, 1.82) is 0 Å². The second kappa shape index (κ2) is 6.17. The number of aromatic nitrogens is 1. The third-order valence-corrected chi connectivity index (χ3v) is 4.15. The number of piperazine rings is 1. The summed E-state index contributed by atoms with van der Waals surface area (Å²) in [6, 6.07) is 1.91. The largest absolute Gasteiger partial charge is 0.443 e. The van der Waals surface area contributed by atoms with E-state index in [2.05, 4.69) is 15.2 Å². The second-order valence-corrected chi connectivity index (χ2v) is 7.27. The number of fused-ring (bicyclic) bond motifs is 1. The number of anilines is 2. The smallest absolute Gasteiger partial charge is 0.416 e. The van der Waals surface area contributed by atoms with Crippen LogP contribution in [0.25, 0.3) is 0 Å². The van der Waals surface area contributed by atoms with E-state index in [1.54, 1.807) is 4.90 Å². The van der Waals surface area contributed by atoms with Crippen LogP contribution in [0.1, 0.15) is 26.3 Å². The Labute approximate surface area is 141 Å². The molecule has 1 aromatic rings. The number of hydrogen-bond acceptors (Lipinski definition) is 5. The number of pyridine rings is 1. The minimum atomic E-state index is -0.528. The molecule has 2 aliphatic heterocycles. The lowest BCUT2D eigenvalue weighted by molar-refractivity contribution is 0.0583. The van der Waals surface area contributed by atoms with Crippen molar-refractivity contribution in [3.05, 3.63) is 16.8 Å². The van der Waals surface area contributed by atoms with Gasteiger partial charge in [0.05, 0.1) is 0 Å². The van der Waals surface area contributed by atoms with Crippen LogP contribution in [0, 0.1) is 0 Å². The molecule has 0 spiro atoms. The highest BCUT2D eigenvalue weighted by molar-refractivity contribution is 6.30. The quantitative estimate of drug-likeness (QED) is 0.797. The van der Waals surface area contributed by atoms with Crippen molar-refractivity contribution in [2.45, 2.75) is 32.8 Å². The Morgan fingerprint density at radius 2 is 2.00 bits per heavy atom. The van der Waals surface area contributed by atoms with E-state index in [1.807, 2.05) is 26.8 Å². The van der Waals surface area contributed by atoms with Crippen LogP contribution in [0.2, 0.25) is 5.15 Å². The first-order valence-electron chi connectivity index (χ1n) is 8.01. The topological polar surface area (TPSA) is 57.7 Å². The van der Waals surface area contributed by atoms with Gasteiger partial charge in [0.2, 0.25) is 0 Å². The van der Waals surface area contributed by atoms with Gasteiger partial charge in [0.1, 0.15) is 16.6 Å². The van der Waals surface area contributed by atoms with E-state index in [9.17, 15) is 4.79 Å². The number of nitrogens with zero attached hydrogens (tertiary/aromatic N) is 3. The Bertz CT molecular complexity index is 609. The molecule has 0 unspecified atom stereocenters. The standard InChI is InChI=1S/C16H23ClN4O2/c1-16(2,3)23-15(22)21-7-4-11-12(10-13(17)19-14(11)21)20-8-5-18-6-9-20/h10,18H,4-9H2,1-3H3. The van der Waals surface area contributed by atoms with Gasteiger partial charge < -0.3 is 15.0 Å². The van der Waals surface area contributed by atoms with Crippen molar-refractivity contribution < 1.29 is 9.53 Å². The van der Waals surface area contributed by atoms with Crippen LogP contribution in [0.15, 0.2) is 6.07 Å². The number of ether oxygens (including phenoxy) is 1. The van der Waals surface area contributed by atoms with Crippen molar-refractivity contribution in [3.63, 3.8) is 0 Å². The first-order valence-corrected chi connectivity index (χ1v) is 8.38. The molecule has 1 amide bonds. The van der Waals surface area contributed by atoms with E-state index < -0.39 is 5.60 Å². The van der Waals surface area contributed by atoms with Crippen molar-refractivity contribution in [3.8, 4) is 0 Å². The molecule has 1 N–H and O–H groups in total. The first-order chi connectivity index (χ1) is 10.8. The third-order valence-electron chi connectivity index (χ3n) is 3.96. The number of nitrogens with one attached hydrogen (secondary N) is 1. The lowest BCUT2D eigenvalue weighted by Gasteiger charge is -2.31. The molecule has 1 aromatic heterocycles. The summed E-state index contributed by atoms with van der Waals surface area (Å²) in [6.45, 7) is 9.92. The summed E-state index contributed by atoms with van der Waals surface area (Å²) >= 11 is 6.22. The van der Waals surface area contributed by atoms with Gasteiger partial charge in [0, 0.05) is 44.0 Å². The summed E-state index contributed by atoms with van der Waals surface area (Å²) in [6.07, 6.45) is 0.412. The van der Waals surface area contributed by atoms with E-state index in [1.165, 1.54) is 0 Å². The Balaban J connectivity index is 1.90. The fraction of sp³-hybridized carbons (Fsp3) is 0.625. The highest BCUT2D eigenvalue weighted by Gasteiger charge is 2.33. The zero-order valence-electron chi connectivity index (χ0n) is 13.9. The zero-order chi connectivity index (χ0) is 16.6. The molecule has 3 rings (SSSR count). The van der Waals surface area contributed by atoms with Crippen LogP contribution in [-0.4, -0.2) is 49.4 Å². The molecule has 1 fully saturated rings. The Morgan fingerprint density at radius 1 is 1.30 bits per heavy atom. The monoisotopic (exact) mass is 338 g/mol. The van der Waals surface area contributed by atoms with Gasteiger partial charge in [-0.2, -0.15) is 0 Å². The molecule has 23 heavy (non-hydrogen) atoms. The maximum Gasteiger partial charge on any atom is 0.416 e. The molecule has 126 valence electrons. The molecule has 3 heterocycles. The van der Waals surface area contributed by atoms with Gasteiger partial charge in [-0.05, 0) is 33.3 Å². The summed E-state index contributed by atoms with van der Waals surface area (Å²) in [5, 5.41) is 3.75. The average molecular weight is 339 g/mol. The molecular formula is C16H23ClN4O2. The molecule has 0 aliphatic carbocycles. The predicted molar refractivity (Wildman–Crippen MR) is 91.6 cm³/mol. The van der Waals surface area contributed by atoms with Gasteiger partial charge >= 0.3 is 6.09 Å². The van der Waals surface area contributed by atoms with Crippen molar-refractivity contribution in [2.24, 2.45) is 0 Å². The minimum Gasteiger partial charge on any atom is -0.443 e. The third kappa shape index (κ3) is 3.53. The summed E-state index contributed by atoms with van der Waals surface area (Å²) in [7, 11) is 0. The van der Waals surface area contributed by atoms with Crippen LogP contribution in [-0.2, 0) is 11.2 Å². The molecule has 0 radical (unpaired) electrons. The normalized spacial score (nSPS) is 18.1. The summed E-state index contributed by atoms with van der Waals surface area (Å²) < 4.78 is 5.48. The fourth-order valence-electron chi connectivity index (χ4n) is 2.99. The summed E-state index contributed by atoms with van der Waals surface area (Å²) in [4.78, 5) is 20.7. The Morgan fingerprint density at radius 3 is 2.65 bits per heavy atom. The highest BCUT2D eigenvalue weighted by atomic mass is 35.5. The number of rotatable bonds is 1. The van der Waals surface area contributed by atoms with Gasteiger partial charge in [0.25, 0.3) is 0 Å². The van der Waals surface area contributed by atoms with E-state index in [0.29, 0.717) is 17.5 Å². The second-order valence-electron chi connectivity index (χ2n) is 6.89. The molecule has 7 heteroatoms. The number of halogens is 1. The zero-order valence-corrected chi connectivity index (χ0v) is 14.6. The highest BCUT2D eigenvalue weighted by Crippen LogP contribution is 2.37. The average Bonchev–Trinajstić information content (AvgIpc) is 2.89. The van der Waals surface area contributed by atoms with Crippen LogP contribution < -0.4 is 15.1 Å². The molecule has 6 nitrogen and oxygen atoms in total. The van der Waals surface area contributed by atoms with Gasteiger partial charge in [-0.1, -0.05) is 11.6 Å². The molecule has 2 aliphatic rings. The lowest BCUT2D eigenvalue weighted by Crippen LogP contribution is -2.43. The number of carbonyl (C=O) groups is 1. The van der Waals surface area contributed by atoms with Crippen molar-refractivity contribution in [1.82, 2.24) is 10.3 Å². The lowest BCUT2D eigenvalue weighted by atomic mass is 10.1. The predicted octanol–water partition coefficient (Wildman–Crippen LogP) is 2.44. The molecule has 1 saturated heterocycles. The molecule has 0 saturated carbocycles. The SMILES string of the molecule is CC(C)(C)OC(=O)N1CCc2c(N3CCNCC3)cc(Cl)nc21. The van der Waals surface area contributed by atoms with Crippen molar-refractivity contribution in [2.75, 3.05) is 42.5 Å². The van der Waals surface area contributed by atoms with Crippen LogP contribution in [0.4, 0.5) is 16.3 Å². The van der Waals surface area contributed by atoms with Crippen LogP contribution >= 0.6 is 11.6 Å². The van der Waals surface area contributed by atoms with E-state index in [-0.39, 0.29) is 6.09 Å². The fourth-order valence-corrected chi connectivity index (χ4v) is 3.17. The molecule has 0 atom stereocenters. The minimum absolute atomic E-state index is 0.364. The Kier molecular flexibility index (Phi) is 4.38. The van der Waals surface area contributed by atoms with Gasteiger partial charge in [0.15, 0.2) is 0 Å². The number of amides is 1. The van der Waals surface area contributed by atoms with E-state index in [4.69, 9.17) is 16.3 Å². The van der Waals surface area contributed by atoms with Gasteiger partial charge in [-0.25, -0.2) is 9.78 Å². The maximum atomic E-state index is 12.4. The van der Waals surface area contributed by atoms with Gasteiger partial charge in [-0.15, -0.1) is 0 Å². The number of hydrogen-bond donors (Lipinski definition) is 1. The Hall–Kier alpha value is -1.53. The first kappa shape index (κ1) is 16.3. The van der Waals surface area contributed by atoms with Crippen molar-refractivity contribution >= 4 is 29.2 Å². The van der Waals surface area contributed by atoms with E-state index >= 15 is 0 Å². The summed E-state index contributed by atoms with van der Waals surface area (Å²) in [5.74, 6) is 0.639. The molecular weight excluding hydrogens is 316 g/mol. The van der Waals surface area contributed by atoms with Crippen LogP contribution in [0.3, 0.4) is 0 Å². The van der Waals surface area contributed by atoms with Crippen LogP contribution in [0.5, 0.6) is 0 Å².